The summed E-state index contributed by atoms with van der Waals surface area (Å²) in [5.74, 6) is -2.93. The van der Waals surface area contributed by atoms with E-state index < -0.39 is 23.4 Å². The summed E-state index contributed by atoms with van der Waals surface area (Å²) in [4.78, 5) is 33.3. The van der Waals surface area contributed by atoms with Crippen molar-refractivity contribution in [2.45, 2.75) is 25.3 Å². The van der Waals surface area contributed by atoms with Crippen LogP contribution in [0.1, 0.15) is 25.3 Å². The summed E-state index contributed by atoms with van der Waals surface area (Å²) in [7, 11) is 0. The summed E-state index contributed by atoms with van der Waals surface area (Å²) in [6, 6.07) is 8.25. The Morgan fingerprint density at radius 2 is 1.68 bits per heavy atom. The van der Waals surface area contributed by atoms with Gasteiger partial charge in [0, 0.05) is 6.42 Å². The summed E-state index contributed by atoms with van der Waals surface area (Å²) in [6.07, 6.45) is -0.596. The van der Waals surface area contributed by atoms with Crippen LogP contribution in [-0.2, 0) is 19.9 Å². The Hall–Kier alpha value is -2.37. The third-order valence-electron chi connectivity index (χ3n) is 2.73. The number of rotatable bonds is 6. The number of carbonyl (C=O) groups is 3. The normalized spacial score (nSPS) is 13.3. The van der Waals surface area contributed by atoms with Gasteiger partial charge in [0.25, 0.3) is 0 Å². The topological polar surface area (TPSA) is 104 Å². The van der Waals surface area contributed by atoms with Crippen LogP contribution in [0.3, 0.4) is 0 Å². The van der Waals surface area contributed by atoms with E-state index in [1.165, 1.54) is 6.92 Å². The van der Waals surface area contributed by atoms with Gasteiger partial charge in [-0.25, -0.2) is 4.79 Å². The van der Waals surface area contributed by atoms with Crippen molar-refractivity contribution in [2.75, 3.05) is 0 Å². The molecule has 1 amide bonds. The summed E-state index contributed by atoms with van der Waals surface area (Å²) in [6.45, 7) is 1.36. The molecule has 0 saturated carbocycles. The standard InChI is InChI=1S/C13H15NO5/c1-13(12(18)19,9-5-3-2-4-6-9)14-10(15)7-8-11(16)17/h2-6H,7-8H2,1H3,(H,14,15)(H,16,17)(H,18,19)/t13-/m0/s1. The Morgan fingerprint density at radius 3 is 2.16 bits per heavy atom. The van der Waals surface area contributed by atoms with Crippen molar-refractivity contribution in [3.8, 4) is 0 Å². The lowest BCUT2D eigenvalue weighted by Gasteiger charge is -2.26. The number of carbonyl (C=O) groups excluding carboxylic acids is 1. The molecule has 1 aromatic rings. The largest absolute Gasteiger partial charge is 0.481 e. The zero-order valence-corrected chi connectivity index (χ0v) is 10.4. The number of nitrogens with one attached hydrogen (secondary N) is 1. The molecule has 0 bridgehead atoms. The van der Waals surface area contributed by atoms with Crippen molar-refractivity contribution in [1.29, 1.82) is 0 Å². The number of aliphatic carboxylic acids is 2. The molecule has 6 nitrogen and oxygen atoms in total. The van der Waals surface area contributed by atoms with Gasteiger partial charge in [0.2, 0.25) is 5.91 Å². The second-order valence-electron chi connectivity index (χ2n) is 4.24. The smallest absolute Gasteiger partial charge is 0.333 e. The minimum atomic E-state index is -1.57. The van der Waals surface area contributed by atoms with E-state index in [0.717, 1.165) is 0 Å². The maximum absolute atomic E-state index is 11.6. The average molecular weight is 265 g/mol. The maximum atomic E-state index is 11.6. The molecule has 0 radical (unpaired) electrons. The quantitative estimate of drug-likeness (QED) is 0.711. The van der Waals surface area contributed by atoms with Crippen LogP contribution in [0.2, 0.25) is 0 Å². The van der Waals surface area contributed by atoms with Crippen molar-refractivity contribution in [3.05, 3.63) is 35.9 Å². The van der Waals surface area contributed by atoms with Crippen LogP contribution in [0.15, 0.2) is 30.3 Å². The van der Waals surface area contributed by atoms with Crippen molar-refractivity contribution in [1.82, 2.24) is 5.32 Å². The van der Waals surface area contributed by atoms with Crippen molar-refractivity contribution < 1.29 is 24.6 Å². The Morgan fingerprint density at radius 1 is 1.11 bits per heavy atom. The molecule has 0 aliphatic rings. The monoisotopic (exact) mass is 265 g/mol. The zero-order valence-electron chi connectivity index (χ0n) is 10.4. The number of benzene rings is 1. The van der Waals surface area contributed by atoms with Gasteiger partial charge >= 0.3 is 11.9 Å². The lowest BCUT2D eigenvalue weighted by atomic mass is 9.92. The molecule has 1 atom stereocenters. The number of hydrogen-bond donors (Lipinski definition) is 3. The lowest BCUT2D eigenvalue weighted by molar-refractivity contribution is -0.147. The fourth-order valence-electron chi connectivity index (χ4n) is 1.58. The van der Waals surface area contributed by atoms with E-state index in [1.807, 2.05) is 0 Å². The van der Waals surface area contributed by atoms with Gasteiger partial charge in [-0.3, -0.25) is 9.59 Å². The van der Waals surface area contributed by atoms with Gasteiger partial charge in [0.1, 0.15) is 0 Å². The Kier molecular flexibility index (Phi) is 4.63. The third kappa shape index (κ3) is 3.80. The van der Waals surface area contributed by atoms with E-state index >= 15 is 0 Å². The first kappa shape index (κ1) is 14.7. The Bertz CT molecular complexity index is 485. The highest BCUT2D eigenvalue weighted by Gasteiger charge is 2.36. The van der Waals surface area contributed by atoms with Gasteiger partial charge < -0.3 is 15.5 Å². The molecule has 19 heavy (non-hydrogen) atoms. The van der Waals surface area contributed by atoms with Gasteiger partial charge in [-0.15, -0.1) is 0 Å². The van der Waals surface area contributed by atoms with Gasteiger partial charge in [-0.1, -0.05) is 30.3 Å². The van der Waals surface area contributed by atoms with Crippen LogP contribution in [0.4, 0.5) is 0 Å². The first-order valence-corrected chi connectivity index (χ1v) is 5.68. The predicted molar refractivity (Wildman–Crippen MR) is 66.4 cm³/mol. The highest BCUT2D eigenvalue weighted by atomic mass is 16.4. The van der Waals surface area contributed by atoms with Crippen molar-refractivity contribution in [3.63, 3.8) is 0 Å². The van der Waals surface area contributed by atoms with Crippen LogP contribution in [-0.4, -0.2) is 28.1 Å². The van der Waals surface area contributed by atoms with E-state index in [1.54, 1.807) is 30.3 Å². The fourth-order valence-corrected chi connectivity index (χ4v) is 1.58. The summed E-state index contributed by atoms with van der Waals surface area (Å²) >= 11 is 0. The highest BCUT2D eigenvalue weighted by Crippen LogP contribution is 2.21. The van der Waals surface area contributed by atoms with Gasteiger partial charge in [0.15, 0.2) is 5.54 Å². The molecule has 1 aromatic carbocycles. The van der Waals surface area contributed by atoms with Crippen molar-refractivity contribution in [2.24, 2.45) is 0 Å². The molecule has 6 heteroatoms. The molecule has 3 N–H and O–H groups in total. The number of hydrogen-bond acceptors (Lipinski definition) is 3. The van der Waals surface area contributed by atoms with Crippen LogP contribution >= 0.6 is 0 Å². The van der Waals surface area contributed by atoms with Crippen molar-refractivity contribution >= 4 is 17.8 Å². The minimum Gasteiger partial charge on any atom is -0.481 e. The average Bonchev–Trinajstić information content (AvgIpc) is 2.37. The second-order valence-corrected chi connectivity index (χ2v) is 4.24. The molecule has 0 heterocycles. The molecule has 0 aliphatic heterocycles. The van der Waals surface area contributed by atoms with E-state index in [-0.39, 0.29) is 12.8 Å². The highest BCUT2D eigenvalue weighted by molar-refractivity contribution is 5.88. The molecule has 0 unspecified atom stereocenters. The second kappa shape index (κ2) is 5.99. The number of carboxylic acid groups (broad SMARTS) is 2. The summed E-state index contributed by atoms with van der Waals surface area (Å²) in [5.41, 5.74) is -1.15. The van der Waals surface area contributed by atoms with E-state index in [0.29, 0.717) is 5.56 Å². The molecule has 0 spiro atoms. The summed E-state index contributed by atoms with van der Waals surface area (Å²) < 4.78 is 0. The predicted octanol–water partition coefficient (Wildman–Crippen LogP) is 0.967. The molecule has 0 aliphatic carbocycles. The lowest BCUT2D eigenvalue weighted by Crippen LogP contribution is -2.49. The van der Waals surface area contributed by atoms with Crippen LogP contribution in [0.25, 0.3) is 0 Å². The molecule has 1 rings (SSSR count). The van der Waals surface area contributed by atoms with E-state index in [2.05, 4.69) is 5.32 Å². The minimum absolute atomic E-state index is 0.259. The Balaban J connectivity index is 2.87. The summed E-state index contributed by atoms with van der Waals surface area (Å²) in [5, 5.41) is 20.1. The SMILES string of the molecule is C[C@@](NC(=O)CCC(=O)O)(C(=O)O)c1ccccc1. The van der Waals surface area contributed by atoms with E-state index in [9.17, 15) is 19.5 Å². The first-order valence-electron chi connectivity index (χ1n) is 5.68. The van der Waals surface area contributed by atoms with E-state index in [4.69, 9.17) is 5.11 Å². The van der Waals surface area contributed by atoms with Gasteiger partial charge in [0.05, 0.1) is 6.42 Å². The number of amides is 1. The number of carboxylic acids is 2. The maximum Gasteiger partial charge on any atom is 0.333 e. The molecule has 0 aromatic heterocycles. The zero-order chi connectivity index (χ0) is 14.5. The third-order valence-corrected chi connectivity index (χ3v) is 2.73. The first-order chi connectivity index (χ1) is 8.86. The van der Waals surface area contributed by atoms with Gasteiger partial charge in [-0.05, 0) is 12.5 Å². The van der Waals surface area contributed by atoms with Gasteiger partial charge in [-0.2, -0.15) is 0 Å². The molecule has 102 valence electrons. The molecular weight excluding hydrogens is 250 g/mol. The molecular formula is C13H15NO5. The Labute approximate surface area is 110 Å². The molecule has 0 saturated heterocycles. The van der Waals surface area contributed by atoms with Crippen LogP contribution in [0, 0.1) is 0 Å². The van der Waals surface area contributed by atoms with Crippen LogP contribution in [0.5, 0.6) is 0 Å². The van der Waals surface area contributed by atoms with Crippen LogP contribution < -0.4 is 5.32 Å². The fraction of sp³-hybridized carbons (Fsp3) is 0.308. The molecule has 0 fully saturated rings.